The fourth-order valence-corrected chi connectivity index (χ4v) is 1.80. The molecule has 2 rings (SSSR count). The number of aromatic nitrogens is 3. The van der Waals surface area contributed by atoms with Crippen molar-refractivity contribution < 1.29 is 22.3 Å². The zero-order valence-electron chi connectivity index (χ0n) is 11.3. The minimum atomic E-state index is -4.25. The second-order valence-electron chi connectivity index (χ2n) is 4.54. The van der Waals surface area contributed by atoms with Crippen molar-refractivity contribution in [1.82, 2.24) is 15.0 Å². The SMILES string of the molecule is CNc1nc(OCC(F)(F)C(F)F)nc(N2CCCC2)n1. The van der Waals surface area contributed by atoms with Gasteiger partial charge >= 0.3 is 18.4 Å². The van der Waals surface area contributed by atoms with Crippen molar-refractivity contribution in [2.24, 2.45) is 0 Å². The van der Waals surface area contributed by atoms with Crippen molar-refractivity contribution in [1.29, 1.82) is 0 Å². The van der Waals surface area contributed by atoms with Crippen LogP contribution in [0.4, 0.5) is 29.5 Å². The molecule has 1 saturated heterocycles. The highest BCUT2D eigenvalue weighted by Crippen LogP contribution is 2.24. The van der Waals surface area contributed by atoms with Gasteiger partial charge in [-0.05, 0) is 12.8 Å². The minimum absolute atomic E-state index is 0.127. The molecule has 118 valence electrons. The number of ether oxygens (including phenoxy) is 1. The summed E-state index contributed by atoms with van der Waals surface area (Å²) in [5, 5.41) is 2.65. The van der Waals surface area contributed by atoms with Gasteiger partial charge in [0.25, 0.3) is 0 Å². The summed E-state index contributed by atoms with van der Waals surface area (Å²) < 4.78 is 54.5. The van der Waals surface area contributed by atoms with Crippen LogP contribution in [0.5, 0.6) is 6.01 Å². The number of halogens is 4. The van der Waals surface area contributed by atoms with Crippen molar-refractivity contribution in [2.45, 2.75) is 25.2 Å². The van der Waals surface area contributed by atoms with Crippen molar-refractivity contribution in [3.05, 3.63) is 0 Å². The maximum atomic E-state index is 12.8. The molecule has 1 aromatic heterocycles. The Balaban J connectivity index is 2.13. The first-order valence-electron chi connectivity index (χ1n) is 6.40. The summed E-state index contributed by atoms with van der Waals surface area (Å²) in [4.78, 5) is 13.6. The summed E-state index contributed by atoms with van der Waals surface area (Å²) in [6.45, 7) is -0.0170. The van der Waals surface area contributed by atoms with Gasteiger partial charge < -0.3 is 15.0 Å². The van der Waals surface area contributed by atoms with Gasteiger partial charge in [-0.15, -0.1) is 0 Å². The Kier molecular flexibility index (Phi) is 4.63. The zero-order valence-corrected chi connectivity index (χ0v) is 11.3. The van der Waals surface area contributed by atoms with Crippen molar-refractivity contribution in [3.63, 3.8) is 0 Å². The highest BCUT2D eigenvalue weighted by Gasteiger charge is 2.42. The highest BCUT2D eigenvalue weighted by molar-refractivity contribution is 5.38. The standard InChI is InChI=1S/C11H15F4N5O/c1-16-8-17-9(20-4-2-3-5-20)19-10(18-8)21-6-11(14,15)7(12)13/h7H,2-6H2,1H3,(H,16,17,18,19). The average Bonchev–Trinajstić information content (AvgIpc) is 2.99. The molecule has 1 aliphatic rings. The summed E-state index contributed by atoms with van der Waals surface area (Å²) in [7, 11) is 1.54. The van der Waals surface area contributed by atoms with E-state index in [0.717, 1.165) is 25.9 Å². The minimum Gasteiger partial charge on any atom is -0.457 e. The molecule has 0 saturated carbocycles. The Hall–Kier alpha value is -1.87. The predicted octanol–water partition coefficient (Wildman–Crippen LogP) is 1.79. The molecule has 10 heteroatoms. The van der Waals surface area contributed by atoms with Crippen molar-refractivity contribution >= 4 is 11.9 Å². The molecular formula is C11H15F4N5O. The molecule has 1 N–H and O–H groups in total. The van der Waals surface area contributed by atoms with E-state index >= 15 is 0 Å². The van der Waals surface area contributed by atoms with Gasteiger partial charge in [0, 0.05) is 20.1 Å². The van der Waals surface area contributed by atoms with E-state index in [2.05, 4.69) is 25.0 Å². The van der Waals surface area contributed by atoms with Gasteiger partial charge in [-0.25, -0.2) is 8.78 Å². The van der Waals surface area contributed by atoms with E-state index in [1.165, 1.54) is 0 Å². The van der Waals surface area contributed by atoms with Crippen LogP contribution in [0.2, 0.25) is 0 Å². The van der Waals surface area contributed by atoms with Crippen molar-refractivity contribution in [2.75, 3.05) is 37.0 Å². The Morgan fingerprint density at radius 1 is 1.24 bits per heavy atom. The van der Waals surface area contributed by atoms with E-state index in [1.54, 1.807) is 7.05 Å². The van der Waals surface area contributed by atoms with E-state index in [0.29, 0.717) is 0 Å². The summed E-state index contributed by atoms with van der Waals surface area (Å²) >= 11 is 0. The van der Waals surface area contributed by atoms with Gasteiger partial charge in [0.05, 0.1) is 0 Å². The molecule has 0 bridgehead atoms. The van der Waals surface area contributed by atoms with Gasteiger partial charge in [-0.2, -0.15) is 23.7 Å². The fourth-order valence-electron chi connectivity index (χ4n) is 1.80. The van der Waals surface area contributed by atoms with E-state index in [4.69, 9.17) is 0 Å². The van der Waals surface area contributed by atoms with Crippen LogP contribution >= 0.6 is 0 Å². The lowest BCUT2D eigenvalue weighted by Gasteiger charge is -2.18. The molecule has 21 heavy (non-hydrogen) atoms. The number of hydrogen-bond donors (Lipinski definition) is 1. The Morgan fingerprint density at radius 2 is 1.90 bits per heavy atom. The molecule has 0 radical (unpaired) electrons. The average molecular weight is 309 g/mol. The second kappa shape index (κ2) is 6.27. The largest absolute Gasteiger partial charge is 0.457 e. The number of alkyl halides is 4. The molecule has 0 aromatic carbocycles. The first-order valence-corrected chi connectivity index (χ1v) is 6.40. The quantitative estimate of drug-likeness (QED) is 0.808. The maximum Gasteiger partial charge on any atom is 0.340 e. The number of anilines is 2. The highest BCUT2D eigenvalue weighted by atomic mass is 19.3. The van der Waals surface area contributed by atoms with Crippen LogP contribution in [0.25, 0.3) is 0 Å². The second-order valence-corrected chi connectivity index (χ2v) is 4.54. The van der Waals surface area contributed by atoms with Crippen LogP contribution < -0.4 is 15.0 Å². The summed E-state index contributed by atoms with van der Waals surface area (Å²) in [6, 6.07) is -0.406. The van der Waals surface area contributed by atoms with Crippen molar-refractivity contribution in [3.8, 4) is 6.01 Å². The molecule has 1 aromatic rings. The Bertz CT molecular complexity index is 482. The lowest BCUT2D eigenvalue weighted by Crippen LogP contribution is -2.34. The third-order valence-electron chi connectivity index (χ3n) is 2.93. The Morgan fingerprint density at radius 3 is 2.48 bits per heavy atom. The monoisotopic (exact) mass is 309 g/mol. The van der Waals surface area contributed by atoms with Gasteiger partial charge in [-0.3, -0.25) is 0 Å². The number of hydrogen-bond acceptors (Lipinski definition) is 6. The van der Waals surface area contributed by atoms with Crippen LogP contribution in [0, 0.1) is 0 Å². The lowest BCUT2D eigenvalue weighted by molar-refractivity contribution is -0.149. The molecule has 1 aliphatic heterocycles. The summed E-state index contributed by atoms with van der Waals surface area (Å²) in [5.74, 6) is -3.84. The third kappa shape index (κ3) is 3.82. The third-order valence-corrected chi connectivity index (χ3v) is 2.93. The maximum absolute atomic E-state index is 12.8. The van der Waals surface area contributed by atoms with Gasteiger partial charge in [0.2, 0.25) is 11.9 Å². The number of nitrogens with one attached hydrogen (secondary N) is 1. The normalized spacial score (nSPS) is 15.6. The van der Waals surface area contributed by atoms with Gasteiger partial charge in [0.1, 0.15) is 0 Å². The predicted molar refractivity (Wildman–Crippen MR) is 67.3 cm³/mol. The smallest absolute Gasteiger partial charge is 0.340 e. The van der Waals surface area contributed by atoms with E-state index in [9.17, 15) is 17.6 Å². The molecule has 6 nitrogen and oxygen atoms in total. The first-order chi connectivity index (χ1) is 9.92. The summed E-state index contributed by atoms with van der Waals surface area (Å²) in [6.07, 6.45) is -1.86. The van der Waals surface area contributed by atoms with Gasteiger partial charge in [-0.1, -0.05) is 0 Å². The van der Waals surface area contributed by atoms with E-state index in [-0.39, 0.29) is 11.9 Å². The molecule has 0 atom stereocenters. The Labute approximate surface area is 118 Å². The zero-order chi connectivity index (χ0) is 15.5. The van der Waals surface area contributed by atoms with E-state index in [1.807, 2.05) is 4.90 Å². The first kappa shape index (κ1) is 15.5. The van der Waals surface area contributed by atoms with Crippen LogP contribution in [0.3, 0.4) is 0 Å². The summed E-state index contributed by atoms with van der Waals surface area (Å²) in [5.41, 5.74) is 0. The molecule has 0 unspecified atom stereocenters. The molecule has 1 fully saturated rings. The molecule has 2 heterocycles. The fraction of sp³-hybridized carbons (Fsp3) is 0.727. The van der Waals surface area contributed by atoms with Crippen LogP contribution in [-0.4, -0.2) is 54.0 Å². The van der Waals surface area contributed by atoms with Crippen LogP contribution in [-0.2, 0) is 0 Å². The van der Waals surface area contributed by atoms with E-state index < -0.39 is 25.0 Å². The molecular weight excluding hydrogens is 294 g/mol. The topological polar surface area (TPSA) is 63.2 Å². The number of rotatable bonds is 6. The molecule has 0 spiro atoms. The van der Waals surface area contributed by atoms with Crippen LogP contribution in [0.1, 0.15) is 12.8 Å². The lowest BCUT2D eigenvalue weighted by atomic mass is 10.4. The van der Waals surface area contributed by atoms with Gasteiger partial charge in [0.15, 0.2) is 6.61 Å². The number of nitrogens with zero attached hydrogens (tertiary/aromatic N) is 4. The van der Waals surface area contributed by atoms with Crippen LogP contribution in [0.15, 0.2) is 0 Å². The molecule has 0 aliphatic carbocycles. The molecule has 0 amide bonds.